The topological polar surface area (TPSA) is 57.8 Å². The largest absolute Gasteiger partial charge is 0.309 e. The summed E-state index contributed by atoms with van der Waals surface area (Å²) >= 11 is 0. The predicted octanol–water partition coefficient (Wildman–Crippen LogP) is 1.98. The Morgan fingerprint density at radius 1 is 1.35 bits per heavy atom. The zero-order valence-corrected chi connectivity index (χ0v) is 10.2. The number of para-hydroxylation sites is 1. The number of hydrogen-bond donors (Lipinski definition) is 2. The SMILES string of the molecule is CCNC(CC)c1nc2ccccc2c(=O)[nH]1. The van der Waals surface area contributed by atoms with Gasteiger partial charge in [0.15, 0.2) is 0 Å². The van der Waals surface area contributed by atoms with Crippen LogP contribution in [0.15, 0.2) is 29.1 Å². The highest BCUT2D eigenvalue weighted by Gasteiger charge is 2.11. The van der Waals surface area contributed by atoms with Crippen LogP contribution in [-0.2, 0) is 0 Å². The minimum Gasteiger partial charge on any atom is -0.309 e. The molecule has 0 spiro atoms. The first-order valence-corrected chi connectivity index (χ1v) is 5.98. The van der Waals surface area contributed by atoms with Crippen LogP contribution < -0.4 is 10.9 Å². The lowest BCUT2D eigenvalue weighted by Crippen LogP contribution is -2.25. The molecule has 4 heteroatoms. The quantitative estimate of drug-likeness (QED) is 0.846. The zero-order chi connectivity index (χ0) is 12.3. The van der Waals surface area contributed by atoms with E-state index in [9.17, 15) is 4.79 Å². The summed E-state index contributed by atoms with van der Waals surface area (Å²) in [5.74, 6) is 0.720. The highest BCUT2D eigenvalue weighted by molar-refractivity contribution is 5.77. The molecule has 2 N–H and O–H groups in total. The van der Waals surface area contributed by atoms with Crippen LogP contribution in [0.25, 0.3) is 10.9 Å². The summed E-state index contributed by atoms with van der Waals surface area (Å²) < 4.78 is 0. The van der Waals surface area contributed by atoms with Gasteiger partial charge < -0.3 is 10.3 Å². The Balaban J connectivity index is 2.52. The Morgan fingerprint density at radius 3 is 2.82 bits per heavy atom. The van der Waals surface area contributed by atoms with Crippen molar-refractivity contribution in [3.8, 4) is 0 Å². The molecule has 2 aromatic rings. The Kier molecular flexibility index (Phi) is 3.54. The summed E-state index contributed by atoms with van der Waals surface area (Å²) in [4.78, 5) is 19.3. The summed E-state index contributed by atoms with van der Waals surface area (Å²) in [7, 11) is 0. The third kappa shape index (κ3) is 2.36. The molecular weight excluding hydrogens is 214 g/mol. The molecule has 0 fully saturated rings. The molecule has 1 heterocycles. The van der Waals surface area contributed by atoms with Crippen molar-refractivity contribution in [3.63, 3.8) is 0 Å². The van der Waals surface area contributed by atoms with Gasteiger partial charge in [0.1, 0.15) is 5.82 Å². The van der Waals surface area contributed by atoms with Gasteiger partial charge in [-0.3, -0.25) is 4.79 Å². The molecule has 0 aliphatic rings. The first kappa shape index (κ1) is 11.8. The van der Waals surface area contributed by atoms with Crippen molar-refractivity contribution in [1.29, 1.82) is 0 Å². The second-order valence-corrected chi connectivity index (χ2v) is 3.99. The fourth-order valence-electron chi connectivity index (χ4n) is 1.95. The smallest absolute Gasteiger partial charge is 0.258 e. The van der Waals surface area contributed by atoms with E-state index in [-0.39, 0.29) is 11.6 Å². The number of hydrogen-bond acceptors (Lipinski definition) is 3. The van der Waals surface area contributed by atoms with Crippen LogP contribution in [0.2, 0.25) is 0 Å². The van der Waals surface area contributed by atoms with Gasteiger partial charge in [-0.05, 0) is 25.1 Å². The average Bonchev–Trinajstić information content (AvgIpc) is 2.36. The number of nitrogens with one attached hydrogen (secondary N) is 2. The Morgan fingerprint density at radius 2 is 2.12 bits per heavy atom. The van der Waals surface area contributed by atoms with Gasteiger partial charge in [0.2, 0.25) is 0 Å². The van der Waals surface area contributed by atoms with E-state index in [1.807, 2.05) is 25.1 Å². The van der Waals surface area contributed by atoms with Gasteiger partial charge in [-0.25, -0.2) is 4.98 Å². The Labute approximate surface area is 100 Å². The minimum absolute atomic E-state index is 0.0676. The van der Waals surface area contributed by atoms with Crippen molar-refractivity contribution in [3.05, 3.63) is 40.4 Å². The molecule has 1 aromatic heterocycles. The van der Waals surface area contributed by atoms with Crippen molar-refractivity contribution in [2.24, 2.45) is 0 Å². The normalized spacial score (nSPS) is 12.8. The molecule has 0 aliphatic heterocycles. The van der Waals surface area contributed by atoms with Crippen LogP contribution >= 0.6 is 0 Å². The molecule has 1 unspecified atom stereocenters. The maximum Gasteiger partial charge on any atom is 0.258 e. The van der Waals surface area contributed by atoms with Gasteiger partial charge in [-0.15, -0.1) is 0 Å². The van der Waals surface area contributed by atoms with Gasteiger partial charge >= 0.3 is 0 Å². The molecular formula is C13H17N3O. The van der Waals surface area contributed by atoms with E-state index in [0.29, 0.717) is 5.39 Å². The summed E-state index contributed by atoms with van der Waals surface area (Å²) in [5, 5.41) is 3.95. The monoisotopic (exact) mass is 231 g/mol. The van der Waals surface area contributed by atoms with Crippen molar-refractivity contribution in [1.82, 2.24) is 15.3 Å². The molecule has 1 aromatic carbocycles. The molecule has 0 radical (unpaired) electrons. The van der Waals surface area contributed by atoms with Crippen LogP contribution in [0.1, 0.15) is 32.1 Å². The number of rotatable bonds is 4. The second-order valence-electron chi connectivity index (χ2n) is 3.99. The van der Waals surface area contributed by atoms with Crippen molar-refractivity contribution >= 4 is 10.9 Å². The standard InChI is InChI=1S/C13H17N3O/c1-3-10(14-4-2)12-15-11-8-6-5-7-9(11)13(17)16-12/h5-8,10,14H,3-4H2,1-2H3,(H,15,16,17). The van der Waals surface area contributed by atoms with Crippen molar-refractivity contribution in [2.75, 3.05) is 6.54 Å². The van der Waals surface area contributed by atoms with E-state index < -0.39 is 0 Å². The highest BCUT2D eigenvalue weighted by Crippen LogP contribution is 2.13. The maximum atomic E-state index is 11.9. The second kappa shape index (κ2) is 5.10. The molecule has 4 nitrogen and oxygen atoms in total. The first-order valence-electron chi connectivity index (χ1n) is 5.98. The number of H-pyrrole nitrogens is 1. The fourth-order valence-corrected chi connectivity index (χ4v) is 1.95. The van der Waals surface area contributed by atoms with Crippen LogP contribution in [0, 0.1) is 0 Å². The van der Waals surface area contributed by atoms with Crippen LogP contribution in [0.4, 0.5) is 0 Å². The molecule has 0 saturated heterocycles. The van der Waals surface area contributed by atoms with Gasteiger partial charge in [-0.2, -0.15) is 0 Å². The summed E-state index contributed by atoms with van der Waals surface area (Å²) in [5.41, 5.74) is 0.685. The third-order valence-corrected chi connectivity index (χ3v) is 2.82. The van der Waals surface area contributed by atoms with Crippen molar-refractivity contribution < 1.29 is 0 Å². The maximum absolute atomic E-state index is 11.9. The molecule has 1 atom stereocenters. The number of fused-ring (bicyclic) bond motifs is 1. The first-order chi connectivity index (χ1) is 8.26. The van der Waals surface area contributed by atoms with Crippen LogP contribution in [-0.4, -0.2) is 16.5 Å². The molecule has 2 rings (SSSR count). The van der Waals surface area contributed by atoms with Gasteiger partial charge in [0.25, 0.3) is 5.56 Å². The number of aromatic nitrogens is 2. The molecule has 0 amide bonds. The van der Waals surface area contributed by atoms with E-state index in [4.69, 9.17) is 0 Å². The molecule has 0 saturated carbocycles. The lowest BCUT2D eigenvalue weighted by Gasteiger charge is -2.14. The van der Waals surface area contributed by atoms with Crippen molar-refractivity contribution in [2.45, 2.75) is 26.3 Å². The highest BCUT2D eigenvalue weighted by atomic mass is 16.1. The number of aromatic amines is 1. The van der Waals surface area contributed by atoms with Gasteiger partial charge in [-0.1, -0.05) is 26.0 Å². The van der Waals surface area contributed by atoms with Gasteiger partial charge in [0, 0.05) is 0 Å². The third-order valence-electron chi connectivity index (χ3n) is 2.82. The Hall–Kier alpha value is -1.68. The molecule has 0 aliphatic carbocycles. The molecule has 90 valence electrons. The van der Waals surface area contributed by atoms with E-state index >= 15 is 0 Å². The number of nitrogens with zero attached hydrogens (tertiary/aromatic N) is 1. The van der Waals surface area contributed by atoms with Crippen LogP contribution in [0.5, 0.6) is 0 Å². The summed E-state index contributed by atoms with van der Waals surface area (Å²) in [6.07, 6.45) is 0.898. The van der Waals surface area contributed by atoms with E-state index in [0.717, 1.165) is 24.3 Å². The predicted molar refractivity (Wildman–Crippen MR) is 69.1 cm³/mol. The summed E-state index contributed by atoms with van der Waals surface area (Å²) in [6, 6.07) is 7.51. The lowest BCUT2D eigenvalue weighted by molar-refractivity contribution is 0.511. The average molecular weight is 231 g/mol. The Bertz CT molecular complexity index is 562. The number of benzene rings is 1. The molecule has 17 heavy (non-hydrogen) atoms. The zero-order valence-electron chi connectivity index (χ0n) is 10.2. The van der Waals surface area contributed by atoms with Crippen LogP contribution in [0.3, 0.4) is 0 Å². The fraction of sp³-hybridized carbons (Fsp3) is 0.385. The van der Waals surface area contributed by atoms with E-state index in [1.165, 1.54) is 0 Å². The lowest BCUT2D eigenvalue weighted by atomic mass is 10.2. The summed E-state index contributed by atoms with van der Waals surface area (Å²) in [6.45, 7) is 4.97. The van der Waals surface area contributed by atoms with E-state index in [1.54, 1.807) is 6.07 Å². The molecule has 0 bridgehead atoms. The minimum atomic E-state index is -0.0676. The van der Waals surface area contributed by atoms with Gasteiger partial charge in [0.05, 0.1) is 16.9 Å². The van der Waals surface area contributed by atoms with E-state index in [2.05, 4.69) is 22.2 Å².